The largest absolute Gasteiger partial charge is 0.370 e. The van der Waals surface area contributed by atoms with Crippen molar-refractivity contribution in [1.29, 1.82) is 0 Å². The fraction of sp³-hybridized carbons (Fsp3) is 0.244. The number of rotatable bonds is 11. The molecule has 1 aliphatic rings. The third-order valence-corrected chi connectivity index (χ3v) is 9.58. The van der Waals surface area contributed by atoms with Gasteiger partial charge >= 0.3 is 0 Å². The number of aliphatic imine (C=N–C) groups is 1. The number of carbonyl (C=O) groups excluding carboxylic acids is 2. The number of amides is 2. The highest BCUT2D eigenvalue weighted by atomic mass is 35.5. The van der Waals surface area contributed by atoms with Gasteiger partial charge in [-0.3, -0.25) is 14.6 Å². The summed E-state index contributed by atoms with van der Waals surface area (Å²) in [7, 11) is 0. The van der Waals surface area contributed by atoms with Crippen molar-refractivity contribution in [2.45, 2.75) is 44.2 Å². The van der Waals surface area contributed by atoms with Gasteiger partial charge in [0.2, 0.25) is 11.8 Å². The van der Waals surface area contributed by atoms with Crippen LogP contribution in [0.2, 0.25) is 5.02 Å². The predicted octanol–water partition coefficient (Wildman–Crippen LogP) is 6.65. The lowest BCUT2D eigenvalue weighted by Gasteiger charge is -2.47. The molecule has 2 atom stereocenters. The van der Waals surface area contributed by atoms with E-state index in [0.29, 0.717) is 50.3 Å². The van der Waals surface area contributed by atoms with Crippen molar-refractivity contribution in [3.05, 3.63) is 143 Å². The summed E-state index contributed by atoms with van der Waals surface area (Å²) in [5.74, 6) is 0.143. The lowest BCUT2D eigenvalue weighted by Crippen LogP contribution is -2.62. The average molecular weight is 672 g/mol. The molecule has 0 saturated carbocycles. The number of piperazine rings is 1. The first-order chi connectivity index (χ1) is 23.8. The fourth-order valence-corrected chi connectivity index (χ4v) is 7.00. The van der Waals surface area contributed by atoms with Crippen molar-refractivity contribution >= 4 is 40.1 Å². The molecule has 5 aromatic carbocycles. The van der Waals surface area contributed by atoms with Crippen LogP contribution in [0.25, 0.3) is 21.9 Å². The number of benzene rings is 5. The maximum absolute atomic E-state index is 14.4. The van der Waals surface area contributed by atoms with Crippen LogP contribution in [-0.2, 0) is 28.9 Å². The molecule has 49 heavy (non-hydrogen) atoms. The molecule has 7 nitrogen and oxygen atoms in total. The number of fused-ring (bicyclic) bond motifs is 1. The van der Waals surface area contributed by atoms with Gasteiger partial charge < -0.3 is 21.3 Å². The minimum absolute atomic E-state index is 0.0351. The van der Waals surface area contributed by atoms with Crippen LogP contribution in [0.1, 0.15) is 29.5 Å². The molecule has 0 radical (unpaired) electrons. The van der Waals surface area contributed by atoms with E-state index in [9.17, 15) is 9.59 Å². The quantitative estimate of drug-likeness (QED) is 0.0932. The van der Waals surface area contributed by atoms with Gasteiger partial charge in [0.05, 0.1) is 18.9 Å². The van der Waals surface area contributed by atoms with E-state index in [1.165, 1.54) is 0 Å². The van der Waals surface area contributed by atoms with E-state index < -0.39 is 0 Å². The van der Waals surface area contributed by atoms with Crippen molar-refractivity contribution in [3.8, 4) is 11.1 Å². The molecule has 0 aromatic heterocycles. The summed E-state index contributed by atoms with van der Waals surface area (Å²) in [5.41, 5.74) is 16.3. The van der Waals surface area contributed by atoms with Crippen molar-refractivity contribution in [3.63, 3.8) is 0 Å². The summed E-state index contributed by atoms with van der Waals surface area (Å²) in [6, 6.07) is 39.9. The Morgan fingerprint density at radius 1 is 0.694 bits per heavy atom. The molecule has 5 aromatic rings. The number of carbonyl (C=O) groups is 2. The normalized spacial score (nSPS) is 16.0. The van der Waals surface area contributed by atoms with Crippen LogP contribution in [0.5, 0.6) is 0 Å². The molecular weight excluding hydrogens is 630 g/mol. The van der Waals surface area contributed by atoms with Crippen LogP contribution < -0.4 is 11.5 Å². The van der Waals surface area contributed by atoms with Crippen LogP contribution in [0.15, 0.2) is 126 Å². The standard InChI is InChI=1S/C41H42ClN5O2/c42-35-20-18-32(19-21-35)38-15-7-6-13-34(38)26-40(49)46-28-37(24-29-9-2-1-3-10-29)47(27-36(46)14-8-22-45-41(43)44)39(48)25-30-16-17-31-11-4-5-12-33(31)23-30/h1-7,9-13,15-21,23,36-37H,8,14,22,24-28H2,(H4,43,44,45). The molecule has 8 heteroatoms. The zero-order valence-electron chi connectivity index (χ0n) is 27.5. The predicted molar refractivity (Wildman–Crippen MR) is 199 cm³/mol. The van der Waals surface area contributed by atoms with Gasteiger partial charge in [-0.2, -0.15) is 0 Å². The lowest BCUT2D eigenvalue weighted by atomic mass is 9.94. The van der Waals surface area contributed by atoms with Crippen LogP contribution in [0.3, 0.4) is 0 Å². The van der Waals surface area contributed by atoms with Crippen LogP contribution >= 0.6 is 11.6 Å². The Morgan fingerprint density at radius 2 is 1.35 bits per heavy atom. The average Bonchev–Trinajstić information content (AvgIpc) is 3.11. The van der Waals surface area contributed by atoms with E-state index in [1.807, 2.05) is 94.7 Å². The number of nitrogens with zero attached hydrogens (tertiary/aromatic N) is 3. The molecule has 4 N–H and O–H groups in total. The highest BCUT2D eigenvalue weighted by Crippen LogP contribution is 2.29. The highest BCUT2D eigenvalue weighted by Gasteiger charge is 2.38. The van der Waals surface area contributed by atoms with Crippen molar-refractivity contribution in [2.75, 3.05) is 19.6 Å². The zero-order valence-corrected chi connectivity index (χ0v) is 28.3. The van der Waals surface area contributed by atoms with Crippen molar-refractivity contribution in [2.24, 2.45) is 16.5 Å². The molecule has 0 aliphatic carbocycles. The Labute approximate surface area is 293 Å². The Morgan fingerprint density at radius 3 is 2.12 bits per heavy atom. The van der Waals surface area contributed by atoms with Gasteiger partial charge in [-0.25, -0.2) is 0 Å². The van der Waals surface area contributed by atoms with Gasteiger partial charge in [-0.15, -0.1) is 0 Å². The van der Waals surface area contributed by atoms with Gasteiger partial charge in [-0.05, 0) is 70.0 Å². The molecule has 0 bridgehead atoms. The molecule has 2 amide bonds. The molecule has 2 unspecified atom stereocenters. The summed E-state index contributed by atoms with van der Waals surface area (Å²) in [5, 5.41) is 2.92. The summed E-state index contributed by atoms with van der Waals surface area (Å²) >= 11 is 6.17. The first-order valence-electron chi connectivity index (χ1n) is 16.8. The summed E-state index contributed by atoms with van der Waals surface area (Å²) < 4.78 is 0. The van der Waals surface area contributed by atoms with Crippen LogP contribution in [-0.4, -0.2) is 59.3 Å². The number of hydrogen-bond acceptors (Lipinski definition) is 3. The zero-order chi connectivity index (χ0) is 34.2. The maximum Gasteiger partial charge on any atom is 0.227 e. The molecule has 250 valence electrons. The van der Waals surface area contributed by atoms with E-state index in [0.717, 1.165) is 38.6 Å². The number of nitrogens with two attached hydrogens (primary N) is 2. The lowest BCUT2D eigenvalue weighted by molar-refractivity contribution is -0.146. The first-order valence-corrected chi connectivity index (χ1v) is 17.2. The van der Waals surface area contributed by atoms with Gasteiger partial charge in [0, 0.05) is 30.7 Å². The van der Waals surface area contributed by atoms with E-state index in [4.69, 9.17) is 23.1 Å². The third-order valence-electron chi connectivity index (χ3n) is 9.32. The van der Waals surface area contributed by atoms with Gasteiger partial charge in [0.25, 0.3) is 0 Å². The van der Waals surface area contributed by atoms with Crippen LogP contribution in [0, 0.1) is 0 Å². The van der Waals surface area contributed by atoms with Gasteiger partial charge in [0.1, 0.15) is 0 Å². The molecule has 0 spiro atoms. The maximum atomic E-state index is 14.4. The number of guanidine groups is 1. The number of halogens is 1. The minimum Gasteiger partial charge on any atom is -0.370 e. The first kappa shape index (κ1) is 33.7. The van der Waals surface area contributed by atoms with Gasteiger partial charge in [0.15, 0.2) is 5.96 Å². The Hall–Kier alpha value is -5.14. The highest BCUT2D eigenvalue weighted by molar-refractivity contribution is 6.30. The molecule has 6 rings (SSSR count). The van der Waals surface area contributed by atoms with Gasteiger partial charge in [-0.1, -0.05) is 121 Å². The second-order valence-corrected chi connectivity index (χ2v) is 13.2. The molecular formula is C41H42ClN5O2. The SMILES string of the molecule is NC(N)=NCCCC1CN(C(=O)Cc2ccc3ccccc3c2)C(Cc2ccccc2)CN1C(=O)Cc1ccccc1-c1ccc(Cl)cc1. The molecule has 1 aliphatic heterocycles. The Bertz CT molecular complexity index is 1920. The van der Waals surface area contributed by atoms with E-state index in [2.05, 4.69) is 41.4 Å². The van der Waals surface area contributed by atoms with Crippen molar-refractivity contribution < 1.29 is 9.59 Å². The smallest absolute Gasteiger partial charge is 0.227 e. The van der Waals surface area contributed by atoms with Crippen LogP contribution in [0.4, 0.5) is 0 Å². The topological polar surface area (TPSA) is 105 Å². The second kappa shape index (κ2) is 15.8. The Balaban J connectivity index is 1.28. The fourth-order valence-electron chi connectivity index (χ4n) is 6.88. The molecule has 1 fully saturated rings. The minimum atomic E-state index is -0.183. The summed E-state index contributed by atoms with van der Waals surface area (Å²) in [6.07, 6.45) is 2.53. The summed E-state index contributed by atoms with van der Waals surface area (Å²) in [6.45, 7) is 1.34. The monoisotopic (exact) mass is 671 g/mol. The second-order valence-electron chi connectivity index (χ2n) is 12.7. The third kappa shape index (κ3) is 8.67. The number of hydrogen-bond donors (Lipinski definition) is 2. The van der Waals surface area contributed by atoms with E-state index in [1.54, 1.807) is 0 Å². The Kier molecular flexibility index (Phi) is 10.9. The summed E-state index contributed by atoms with van der Waals surface area (Å²) in [4.78, 5) is 36.8. The van der Waals surface area contributed by atoms with E-state index in [-0.39, 0.29) is 36.3 Å². The molecule has 1 heterocycles. The van der Waals surface area contributed by atoms with E-state index >= 15 is 0 Å². The van der Waals surface area contributed by atoms with Crippen molar-refractivity contribution in [1.82, 2.24) is 9.80 Å². The molecule has 1 saturated heterocycles.